The molecule has 0 bridgehead atoms. The standard InChI is InChI=1S/C22H25N3O/c1-15-5-8-21(13-16(15)2)17(3)24-22(26)20-9-6-19(7-10-20)14-25-12-11-23-18(25)4/h5-13,17H,14H2,1-4H3,(H,24,26)/t17-/m0/s1. The molecule has 0 aliphatic carbocycles. The van der Waals surface area contributed by atoms with Crippen LogP contribution in [0.25, 0.3) is 0 Å². The largest absolute Gasteiger partial charge is 0.346 e. The Morgan fingerprint density at radius 3 is 2.42 bits per heavy atom. The maximum absolute atomic E-state index is 12.5. The van der Waals surface area contributed by atoms with E-state index in [0.29, 0.717) is 5.56 Å². The van der Waals surface area contributed by atoms with Crippen molar-refractivity contribution in [2.24, 2.45) is 0 Å². The molecule has 4 nitrogen and oxygen atoms in total. The van der Waals surface area contributed by atoms with Crippen molar-refractivity contribution in [2.45, 2.75) is 40.3 Å². The van der Waals surface area contributed by atoms with E-state index in [9.17, 15) is 4.79 Å². The van der Waals surface area contributed by atoms with Crippen LogP contribution in [0, 0.1) is 20.8 Å². The van der Waals surface area contributed by atoms with Crippen molar-refractivity contribution in [3.05, 3.63) is 88.5 Å². The topological polar surface area (TPSA) is 46.9 Å². The second-order valence-corrected chi connectivity index (χ2v) is 6.84. The molecule has 1 aromatic heterocycles. The van der Waals surface area contributed by atoms with Crippen LogP contribution in [0.15, 0.2) is 54.9 Å². The van der Waals surface area contributed by atoms with Gasteiger partial charge in [0.2, 0.25) is 0 Å². The van der Waals surface area contributed by atoms with Gasteiger partial charge in [-0.1, -0.05) is 30.3 Å². The molecule has 4 heteroatoms. The van der Waals surface area contributed by atoms with E-state index in [4.69, 9.17) is 0 Å². The van der Waals surface area contributed by atoms with Gasteiger partial charge in [-0.25, -0.2) is 4.98 Å². The Morgan fingerprint density at radius 2 is 1.81 bits per heavy atom. The molecule has 3 aromatic rings. The van der Waals surface area contributed by atoms with E-state index in [-0.39, 0.29) is 11.9 Å². The minimum absolute atomic E-state index is 0.0323. The van der Waals surface area contributed by atoms with Crippen LogP contribution >= 0.6 is 0 Å². The van der Waals surface area contributed by atoms with Crippen LogP contribution in [0.1, 0.15) is 51.4 Å². The van der Waals surface area contributed by atoms with Gasteiger partial charge in [0.25, 0.3) is 5.91 Å². The quantitative estimate of drug-likeness (QED) is 0.746. The third kappa shape index (κ3) is 4.02. The summed E-state index contributed by atoms with van der Waals surface area (Å²) in [5, 5.41) is 3.08. The van der Waals surface area contributed by atoms with Crippen LogP contribution in [0.2, 0.25) is 0 Å². The molecule has 1 amide bonds. The van der Waals surface area contributed by atoms with Gasteiger partial charge in [0.15, 0.2) is 0 Å². The van der Waals surface area contributed by atoms with Gasteiger partial charge < -0.3 is 9.88 Å². The highest BCUT2D eigenvalue weighted by atomic mass is 16.1. The number of hydrogen-bond acceptors (Lipinski definition) is 2. The van der Waals surface area contributed by atoms with E-state index >= 15 is 0 Å². The van der Waals surface area contributed by atoms with Gasteiger partial charge in [0.1, 0.15) is 5.82 Å². The lowest BCUT2D eigenvalue weighted by Gasteiger charge is -2.16. The van der Waals surface area contributed by atoms with Crippen molar-refractivity contribution in [3.63, 3.8) is 0 Å². The molecule has 26 heavy (non-hydrogen) atoms. The molecular formula is C22H25N3O. The van der Waals surface area contributed by atoms with Crippen molar-refractivity contribution in [2.75, 3.05) is 0 Å². The predicted octanol–water partition coefficient (Wildman–Crippen LogP) is 4.35. The molecule has 0 fully saturated rings. The Morgan fingerprint density at radius 1 is 1.08 bits per heavy atom. The second kappa shape index (κ2) is 7.56. The van der Waals surface area contributed by atoms with Crippen LogP contribution in [0.4, 0.5) is 0 Å². The third-order valence-electron chi connectivity index (χ3n) is 4.87. The highest BCUT2D eigenvalue weighted by molar-refractivity contribution is 5.94. The zero-order chi connectivity index (χ0) is 18.7. The fourth-order valence-electron chi connectivity index (χ4n) is 2.93. The molecule has 1 atom stereocenters. The summed E-state index contributed by atoms with van der Waals surface area (Å²) in [6.07, 6.45) is 3.76. The number of carbonyl (C=O) groups excluding carboxylic acids is 1. The second-order valence-electron chi connectivity index (χ2n) is 6.84. The van der Waals surface area contributed by atoms with Gasteiger partial charge >= 0.3 is 0 Å². The molecule has 0 aliphatic rings. The average Bonchev–Trinajstić information content (AvgIpc) is 3.02. The number of carbonyl (C=O) groups is 1. The van der Waals surface area contributed by atoms with E-state index in [1.54, 1.807) is 6.20 Å². The first kappa shape index (κ1) is 17.9. The summed E-state index contributed by atoms with van der Waals surface area (Å²) in [5.74, 6) is 0.926. The van der Waals surface area contributed by atoms with Crippen LogP contribution < -0.4 is 5.32 Å². The van der Waals surface area contributed by atoms with Crippen molar-refractivity contribution < 1.29 is 4.79 Å². The van der Waals surface area contributed by atoms with Crippen molar-refractivity contribution in [1.82, 2.24) is 14.9 Å². The summed E-state index contributed by atoms with van der Waals surface area (Å²) in [7, 11) is 0. The third-order valence-corrected chi connectivity index (χ3v) is 4.87. The molecule has 0 spiro atoms. The normalized spacial score (nSPS) is 12.0. The van der Waals surface area contributed by atoms with Crippen LogP contribution in [0.5, 0.6) is 0 Å². The van der Waals surface area contributed by atoms with E-state index in [1.807, 2.05) is 44.3 Å². The van der Waals surface area contributed by atoms with Crippen LogP contribution in [-0.4, -0.2) is 15.5 Å². The summed E-state index contributed by atoms with van der Waals surface area (Å²) in [5.41, 5.74) is 5.43. The minimum atomic E-state index is -0.0545. The number of nitrogens with zero attached hydrogens (tertiary/aromatic N) is 2. The molecule has 2 aromatic carbocycles. The number of nitrogens with one attached hydrogen (secondary N) is 1. The molecule has 1 heterocycles. The number of aromatic nitrogens is 2. The smallest absolute Gasteiger partial charge is 0.251 e. The summed E-state index contributed by atoms with van der Waals surface area (Å²) in [4.78, 5) is 16.8. The lowest BCUT2D eigenvalue weighted by Crippen LogP contribution is -2.26. The number of aryl methyl sites for hydroxylation is 3. The number of imidazole rings is 1. The SMILES string of the molecule is Cc1ccc([C@H](C)NC(=O)c2ccc(Cn3ccnc3C)cc2)cc1C. The fraction of sp³-hybridized carbons (Fsp3) is 0.273. The highest BCUT2D eigenvalue weighted by Crippen LogP contribution is 2.17. The van der Waals surface area contributed by atoms with Crippen molar-refractivity contribution in [3.8, 4) is 0 Å². The Hall–Kier alpha value is -2.88. The van der Waals surface area contributed by atoms with Gasteiger partial charge in [-0.3, -0.25) is 4.79 Å². The van der Waals surface area contributed by atoms with Gasteiger partial charge in [-0.15, -0.1) is 0 Å². The van der Waals surface area contributed by atoms with Crippen molar-refractivity contribution >= 4 is 5.91 Å². The van der Waals surface area contributed by atoms with E-state index in [1.165, 1.54) is 11.1 Å². The van der Waals surface area contributed by atoms with Gasteiger partial charge in [-0.2, -0.15) is 0 Å². The number of rotatable bonds is 5. The van der Waals surface area contributed by atoms with Gasteiger partial charge in [0, 0.05) is 24.5 Å². The minimum Gasteiger partial charge on any atom is -0.346 e. The summed E-state index contributed by atoms with van der Waals surface area (Å²) < 4.78 is 2.08. The molecular weight excluding hydrogens is 322 g/mol. The first-order valence-corrected chi connectivity index (χ1v) is 8.88. The maximum atomic E-state index is 12.5. The fourth-order valence-corrected chi connectivity index (χ4v) is 2.93. The van der Waals surface area contributed by atoms with E-state index in [2.05, 4.69) is 46.9 Å². The van der Waals surface area contributed by atoms with Gasteiger partial charge in [-0.05, 0) is 62.1 Å². The Balaban J connectivity index is 1.66. The zero-order valence-electron chi connectivity index (χ0n) is 15.8. The Bertz CT molecular complexity index is 909. The molecule has 0 saturated carbocycles. The van der Waals surface area contributed by atoms with Crippen molar-refractivity contribution in [1.29, 1.82) is 0 Å². The molecule has 0 saturated heterocycles. The predicted molar refractivity (Wildman–Crippen MR) is 104 cm³/mol. The van der Waals surface area contributed by atoms with Crippen LogP contribution in [0.3, 0.4) is 0 Å². The molecule has 134 valence electrons. The average molecular weight is 347 g/mol. The molecule has 0 aliphatic heterocycles. The summed E-state index contributed by atoms with van der Waals surface area (Å²) >= 11 is 0. The highest BCUT2D eigenvalue weighted by Gasteiger charge is 2.12. The first-order valence-electron chi connectivity index (χ1n) is 8.88. The van der Waals surface area contributed by atoms with E-state index in [0.717, 1.165) is 23.5 Å². The number of amides is 1. The Labute approximate surface area is 154 Å². The molecule has 1 N–H and O–H groups in total. The summed E-state index contributed by atoms with van der Waals surface area (Å²) in [6, 6.07) is 14.0. The lowest BCUT2D eigenvalue weighted by molar-refractivity contribution is 0.0940. The number of benzene rings is 2. The number of hydrogen-bond donors (Lipinski definition) is 1. The monoisotopic (exact) mass is 347 g/mol. The molecule has 0 radical (unpaired) electrons. The molecule has 3 rings (SSSR count). The molecule has 0 unspecified atom stereocenters. The lowest BCUT2D eigenvalue weighted by atomic mass is 10.0. The van der Waals surface area contributed by atoms with Gasteiger partial charge in [0.05, 0.1) is 6.04 Å². The van der Waals surface area contributed by atoms with E-state index < -0.39 is 0 Å². The first-order chi connectivity index (χ1) is 12.4. The zero-order valence-corrected chi connectivity index (χ0v) is 15.8. The summed E-state index contributed by atoms with van der Waals surface area (Å²) in [6.45, 7) is 8.93. The maximum Gasteiger partial charge on any atom is 0.251 e. The Kier molecular flexibility index (Phi) is 5.21. The van der Waals surface area contributed by atoms with Crippen LogP contribution in [-0.2, 0) is 6.54 Å².